The van der Waals surface area contributed by atoms with Gasteiger partial charge in [-0.05, 0) is 24.6 Å². The van der Waals surface area contributed by atoms with Gasteiger partial charge in [0, 0.05) is 53.3 Å². The predicted molar refractivity (Wildman–Crippen MR) is 118 cm³/mol. The molecule has 1 fully saturated rings. The maximum Gasteiger partial charge on any atom is 0.222 e. The second-order valence-electron chi connectivity index (χ2n) is 7.76. The molecule has 0 radical (unpaired) electrons. The van der Waals surface area contributed by atoms with Crippen molar-refractivity contribution in [1.82, 2.24) is 24.3 Å². The summed E-state index contributed by atoms with van der Waals surface area (Å²) in [6.07, 6.45) is 8.37. The number of amides is 1. The predicted octanol–water partition coefficient (Wildman–Crippen LogP) is 4.15. The Morgan fingerprint density at radius 3 is 2.78 bits per heavy atom. The first kappa shape index (κ1) is 20.3. The Morgan fingerprint density at radius 2 is 2.00 bits per heavy atom. The van der Waals surface area contributed by atoms with Crippen LogP contribution in [-0.2, 0) is 4.79 Å². The number of nitriles is 1. The smallest absolute Gasteiger partial charge is 0.222 e. The zero-order valence-corrected chi connectivity index (χ0v) is 18.1. The summed E-state index contributed by atoms with van der Waals surface area (Å²) in [5.41, 5.74) is 2.82. The molecule has 1 aliphatic rings. The number of benzene rings is 1. The van der Waals surface area contributed by atoms with Gasteiger partial charge >= 0.3 is 0 Å². The lowest BCUT2D eigenvalue weighted by molar-refractivity contribution is -0.133. The lowest BCUT2D eigenvalue weighted by Crippen LogP contribution is -2.38. The van der Waals surface area contributed by atoms with Crippen LogP contribution in [0.4, 0.5) is 4.39 Å². The van der Waals surface area contributed by atoms with Crippen molar-refractivity contribution < 1.29 is 9.18 Å². The van der Waals surface area contributed by atoms with Crippen LogP contribution in [0.15, 0.2) is 64.9 Å². The topological polar surface area (TPSA) is 79.2 Å². The molecule has 7 nitrogen and oxygen atoms in total. The first-order chi connectivity index (χ1) is 15.5. The van der Waals surface area contributed by atoms with Crippen molar-refractivity contribution in [2.75, 3.05) is 13.6 Å². The highest BCUT2D eigenvalue weighted by Crippen LogP contribution is 2.37. The monoisotopic (exact) mass is 446 g/mol. The zero-order chi connectivity index (χ0) is 22.2. The molecule has 1 aromatic carbocycles. The van der Waals surface area contributed by atoms with Gasteiger partial charge in [0.25, 0.3) is 0 Å². The van der Waals surface area contributed by atoms with Crippen LogP contribution in [0.1, 0.15) is 24.4 Å². The van der Waals surface area contributed by atoms with Crippen LogP contribution in [0.5, 0.6) is 0 Å². The van der Waals surface area contributed by atoms with Crippen molar-refractivity contribution in [2.45, 2.75) is 28.7 Å². The molecule has 9 heteroatoms. The van der Waals surface area contributed by atoms with Crippen LogP contribution in [0, 0.1) is 17.1 Å². The number of aromatic nitrogens is 4. The minimum absolute atomic E-state index is 0.123. The zero-order valence-electron chi connectivity index (χ0n) is 17.3. The number of rotatable bonds is 4. The van der Waals surface area contributed by atoms with E-state index in [4.69, 9.17) is 0 Å². The average molecular weight is 447 g/mol. The van der Waals surface area contributed by atoms with E-state index in [1.165, 1.54) is 24.0 Å². The molecular formula is C23H19FN6OS. The number of carbonyl (C=O) groups is 1. The normalized spacial score (nSPS) is 16.5. The maximum absolute atomic E-state index is 14.3. The van der Waals surface area contributed by atoms with Crippen LogP contribution < -0.4 is 0 Å². The van der Waals surface area contributed by atoms with E-state index in [0.29, 0.717) is 28.9 Å². The molecule has 3 aromatic heterocycles. The Morgan fingerprint density at radius 1 is 1.16 bits per heavy atom. The standard InChI is InChI=1S/C23H19FN6OS/c1-28-14-18(6-7-22(28)31)29-13-17(11-26-29)15-8-21(32-20-5-3-2-4-19(20)24)23-16(9-25)10-27-30(23)12-15/h2-5,8,10-13,18H,6-7,14H2,1H3. The average Bonchev–Trinajstić information content (AvgIpc) is 3.44. The minimum atomic E-state index is -0.317. The van der Waals surface area contributed by atoms with Crippen LogP contribution in [-0.4, -0.2) is 43.8 Å². The van der Waals surface area contributed by atoms with Crippen molar-refractivity contribution >= 4 is 23.2 Å². The number of fused-ring (bicyclic) bond motifs is 1. The summed E-state index contributed by atoms with van der Waals surface area (Å²) in [6.45, 7) is 0.623. The third kappa shape index (κ3) is 3.63. The number of nitrogens with zero attached hydrogens (tertiary/aromatic N) is 6. The van der Waals surface area contributed by atoms with Gasteiger partial charge in [-0.25, -0.2) is 8.91 Å². The highest BCUT2D eigenvalue weighted by molar-refractivity contribution is 7.99. The molecule has 0 bridgehead atoms. The second kappa shape index (κ2) is 8.13. The Bertz CT molecular complexity index is 1370. The molecule has 1 amide bonds. The third-order valence-electron chi connectivity index (χ3n) is 5.66. The van der Waals surface area contributed by atoms with Crippen LogP contribution >= 0.6 is 11.8 Å². The fourth-order valence-corrected chi connectivity index (χ4v) is 4.98. The molecule has 32 heavy (non-hydrogen) atoms. The molecule has 1 unspecified atom stereocenters. The molecular weight excluding hydrogens is 427 g/mol. The van der Waals surface area contributed by atoms with E-state index in [9.17, 15) is 14.4 Å². The summed E-state index contributed by atoms with van der Waals surface area (Å²) < 4.78 is 17.9. The first-order valence-corrected chi connectivity index (χ1v) is 11.0. The van der Waals surface area contributed by atoms with Crippen molar-refractivity contribution in [3.63, 3.8) is 0 Å². The van der Waals surface area contributed by atoms with E-state index >= 15 is 0 Å². The van der Waals surface area contributed by atoms with E-state index in [1.54, 1.807) is 33.8 Å². The molecule has 4 heterocycles. The van der Waals surface area contributed by atoms with Gasteiger partial charge in [0.1, 0.15) is 11.9 Å². The molecule has 0 spiro atoms. The molecule has 5 rings (SSSR count). The van der Waals surface area contributed by atoms with Gasteiger partial charge < -0.3 is 4.90 Å². The Kier molecular flexibility index (Phi) is 5.15. The minimum Gasteiger partial charge on any atom is -0.344 e. The molecule has 4 aromatic rings. The van der Waals surface area contributed by atoms with Gasteiger partial charge in [-0.3, -0.25) is 9.48 Å². The number of hydrogen-bond donors (Lipinski definition) is 0. The van der Waals surface area contributed by atoms with E-state index in [-0.39, 0.29) is 17.8 Å². The van der Waals surface area contributed by atoms with Crippen LogP contribution in [0.25, 0.3) is 16.6 Å². The quantitative estimate of drug-likeness (QED) is 0.471. The molecule has 0 saturated carbocycles. The van der Waals surface area contributed by atoms with Crippen molar-refractivity contribution in [3.05, 3.63) is 66.5 Å². The lowest BCUT2D eigenvalue weighted by Gasteiger charge is -2.29. The summed E-state index contributed by atoms with van der Waals surface area (Å²) in [5, 5.41) is 18.4. The molecule has 1 aliphatic heterocycles. The summed E-state index contributed by atoms with van der Waals surface area (Å²) >= 11 is 1.26. The molecule has 1 atom stereocenters. The first-order valence-electron chi connectivity index (χ1n) is 10.2. The van der Waals surface area contributed by atoms with Gasteiger partial charge in [-0.15, -0.1) is 0 Å². The summed E-state index contributed by atoms with van der Waals surface area (Å²) in [5.74, 6) is -0.163. The van der Waals surface area contributed by atoms with Crippen molar-refractivity contribution in [3.8, 4) is 17.2 Å². The number of piperidine rings is 1. The number of likely N-dealkylation sites (N-methyl/N-ethyl adjacent to an activating group) is 1. The highest BCUT2D eigenvalue weighted by atomic mass is 32.2. The van der Waals surface area contributed by atoms with Gasteiger partial charge in [-0.1, -0.05) is 23.9 Å². The SMILES string of the molecule is CN1CC(n2cc(-c3cc(Sc4ccccc4F)c4c(C#N)cnn4c3)cn2)CCC1=O. The van der Waals surface area contributed by atoms with Crippen LogP contribution in [0.2, 0.25) is 0 Å². The number of hydrogen-bond acceptors (Lipinski definition) is 5. The van der Waals surface area contributed by atoms with E-state index in [0.717, 1.165) is 22.4 Å². The Labute approximate surface area is 188 Å². The Balaban J connectivity index is 1.54. The highest BCUT2D eigenvalue weighted by Gasteiger charge is 2.25. The van der Waals surface area contributed by atoms with Crippen molar-refractivity contribution in [1.29, 1.82) is 5.26 Å². The number of carbonyl (C=O) groups excluding carboxylic acids is 1. The summed E-state index contributed by atoms with van der Waals surface area (Å²) in [7, 11) is 1.81. The largest absolute Gasteiger partial charge is 0.344 e. The number of likely N-dealkylation sites (tertiary alicyclic amines) is 1. The van der Waals surface area contributed by atoms with Gasteiger partial charge in [-0.2, -0.15) is 15.5 Å². The fraction of sp³-hybridized carbons (Fsp3) is 0.217. The van der Waals surface area contributed by atoms with Gasteiger partial charge in [0.15, 0.2) is 0 Å². The Hall–Kier alpha value is -3.64. The summed E-state index contributed by atoms with van der Waals surface area (Å²) in [4.78, 5) is 14.7. The second-order valence-corrected chi connectivity index (χ2v) is 8.85. The van der Waals surface area contributed by atoms with Gasteiger partial charge in [0.2, 0.25) is 5.91 Å². The molecule has 160 valence electrons. The maximum atomic E-state index is 14.3. The van der Waals surface area contributed by atoms with E-state index in [1.807, 2.05) is 30.2 Å². The molecule has 0 aliphatic carbocycles. The molecule has 0 N–H and O–H groups in total. The van der Waals surface area contributed by atoms with Crippen LogP contribution in [0.3, 0.4) is 0 Å². The number of halogens is 1. The summed E-state index contributed by atoms with van der Waals surface area (Å²) in [6, 6.07) is 10.8. The third-order valence-corrected chi connectivity index (χ3v) is 6.75. The van der Waals surface area contributed by atoms with Crippen molar-refractivity contribution in [2.24, 2.45) is 0 Å². The molecule has 1 saturated heterocycles. The lowest BCUT2D eigenvalue weighted by atomic mass is 10.1. The van der Waals surface area contributed by atoms with Gasteiger partial charge in [0.05, 0.1) is 29.5 Å². The van der Waals surface area contributed by atoms with E-state index < -0.39 is 0 Å². The van der Waals surface area contributed by atoms with E-state index in [2.05, 4.69) is 16.3 Å². The number of pyridine rings is 1. The fourth-order valence-electron chi connectivity index (χ4n) is 3.94.